The van der Waals surface area contributed by atoms with Crippen LogP contribution < -0.4 is 25.6 Å². The Labute approximate surface area is 236 Å². The molecule has 204 valence electrons. The van der Waals surface area contributed by atoms with Gasteiger partial charge in [-0.15, -0.1) is 0 Å². The summed E-state index contributed by atoms with van der Waals surface area (Å²) in [6.45, 7) is 3.53. The van der Waals surface area contributed by atoms with E-state index in [1.165, 1.54) is 17.8 Å². The molecule has 9 nitrogen and oxygen atoms in total. The minimum absolute atomic E-state index is 0.157. The first-order chi connectivity index (χ1) is 19.5. The first kappa shape index (κ1) is 25.9. The molecule has 4 atom stereocenters. The summed E-state index contributed by atoms with van der Waals surface area (Å²) in [7, 11) is 0. The molecule has 3 heterocycles. The number of benzene rings is 2. The Kier molecular flexibility index (Phi) is 7.17. The Bertz CT molecular complexity index is 1450. The molecule has 1 aliphatic carbocycles. The van der Waals surface area contributed by atoms with Gasteiger partial charge in [-0.25, -0.2) is 9.78 Å². The normalized spacial score (nSPS) is 23.0. The van der Waals surface area contributed by atoms with Gasteiger partial charge in [0.2, 0.25) is 11.8 Å². The number of urea groups is 1. The third kappa shape index (κ3) is 5.02. The fraction of sp³-hybridized carbons (Fsp3) is 0.267. The zero-order valence-corrected chi connectivity index (χ0v) is 22.5. The van der Waals surface area contributed by atoms with Gasteiger partial charge in [0.15, 0.2) is 0 Å². The molecule has 0 spiro atoms. The molecule has 2 aliphatic heterocycles. The number of carbonyl (C=O) groups excluding carboxylic acids is 3. The van der Waals surface area contributed by atoms with Gasteiger partial charge in [-0.2, -0.15) is 0 Å². The van der Waals surface area contributed by atoms with Gasteiger partial charge < -0.3 is 20.7 Å². The molecule has 2 unspecified atom stereocenters. The van der Waals surface area contributed by atoms with E-state index in [4.69, 9.17) is 4.74 Å². The van der Waals surface area contributed by atoms with Crippen molar-refractivity contribution >= 4 is 41.0 Å². The maximum absolute atomic E-state index is 13.6. The Hall–Kier alpha value is -4.31. The van der Waals surface area contributed by atoms with E-state index in [2.05, 4.69) is 27.5 Å². The maximum atomic E-state index is 13.6. The van der Waals surface area contributed by atoms with Crippen LogP contribution in [0.3, 0.4) is 0 Å². The van der Waals surface area contributed by atoms with E-state index >= 15 is 0 Å². The van der Waals surface area contributed by atoms with Crippen LogP contribution in [0, 0.1) is 0 Å². The highest BCUT2D eigenvalue weighted by atomic mass is 32.2. The Balaban J connectivity index is 1.21. The van der Waals surface area contributed by atoms with Crippen LogP contribution in [0.4, 0.5) is 16.2 Å². The van der Waals surface area contributed by atoms with E-state index in [9.17, 15) is 14.4 Å². The summed E-state index contributed by atoms with van der Waals surface area (Å²) in [5.74, 6) is 0.953. The number of aromatic nitrogens is 1. The number of hydrogen-bond acceptors (Lipinski definition) is 6. The minimum Gasteiger partial charge on any atom is -0.457 e. The van der Waals surface area contributed by atoms with Gasteiger partial charge in [0.05, 0.1) is 17.4 Å². The molecular formula is C30H29N5O4S. The van der Waals surface area contributed by atoms with Crippen molar-refractivity contribution in [1.29, 1.82) is 0 Å². The van der Waals surface area contributed by atoms with Crippen LogP contribution >= 0.6 is 11.8 Å². The van der Waals surface area contributed by atoms with Crippen LogP contribution in [0.2, 0.25) is 0 Å². The highest BCUT2D eigenvalue weighted by Gasteiger charge is 2.47. The van der Waals surface area contributed by atoms with Crippen LogP contribution in [0.15, 0.2) is 84.5 Å². The van der Waals surface area contributed by atoms with Crippen molar-refractivity contribution in [3.05, 3.63) is 85.1 Å². The molecule has 4 amide bonds. The number of carbonyl (C=O) groups is 3. The second-order valence-corrected chi connectivity index (χ2v) is 11.1. The average Bonchev–Trinajstić information content (AvgIpc) is 3.35. The third-order valence-corrected chi connectivity index (χ3v) is 8.73. The minimum atomic E-state index is -0.575. The first-order valence-electron chi connectivity index (χ1n) is 13.3. The molecule has 40 heavy (non-hydrogen) atoms. The number of amides is 4. The molecule has 3 N–H and O–H groups in total. The Morgan fingerprint density at radius 3 is 2.42 bits per heavy atom. The van der Waals surface area contributed by atoms with Crippen molar-refractivity contribution in [3.8, 4) is 11.5 Å². The molecule has 0 radical (unpaired) electrons. The van der Waals surface area contributed by atoms with Gasteiger partial charge in [0.1, 0.15) is 21.8 Å². The highest BCUT2D eigenvalue weighted by Crippen LogP contribution is 2.50. The van der Waals surface area contributed by atoms with E-state index in [-0.39, 0.29) is 29.9 Å². The molecule has 0 saturated heterocycles. The average molecular weight is 556 g/mol. The van der Waals surface area contributed by atoms with E-state index in [0.717, 1.165) is 42.0 Å². The number of rotatable bonds is 7. The number of pyridine rings is 1. The molecule has 3 aromatic rings. The van der Waals surface area contributed by atoms with Gasteiger partial charge >= 0.3 is 6.03 Å². The van der Waals surface area contributed by atoms with Crippen LogP contribution in [0.5, 0.6) is 11.5 Å². The third-order valence-electron chi connectivity index (χ3n) is 7.44. The molecule has 6 rings (SSSR count). The smallest absolute Gasteiger partial charge is 0.327 e. The van der Waals surface area contributed by atoms with Crippen molar-refractivity contribution < 1.29 is 19.1 Å². The molecular weight excluding hydrogens is 526 g/mol. The monoisotopic (exact) mass is 555 g/mol. The zero-order valence-electron chi connectivity index (χ0n) is 21.7. The summed E-state index contributed by atoms with van der Waals surface area (Å²) in [6.07, 6.45) is 6.43. The van der Waals surface area contributed by atoms with Crippen LogP contribution in [0.1, 0.15) is 37.3 Å². The van der Waals surface area contributed by atoms with Crippen molar-refractivity contribution in [2.45, 2.75) is 54.1 Å². The quantitative estimate of drug-likeness (QED) is 0.355. The predicted octanol–water partition coefficient (Wildman–Crippen LogP) is 4.98. The Morgan fingerprint density at radius 2 is 1.70 bits per heavy atom. The summed E-state index contributed by atoms with van der Waals surface area (Å²) in [4.78, 5) is 45.1. The van der Waals surface area contributed by atoms with E-state index in [1.54, 1.807) is 11.1 Å². The number of thioether (sulfide) groups is 1. The van der Waals surface area contributed by atoms with E-state index < -0.39 is 11.3 Å². The summed E-state index contributed by atoms with van der Waals surface area (Å²) in [5, 5.41) is 9.29. The Morgan fingerprint density at radius 1 is 1.00 bits per heavy atom. The first-order valence-corrected chi connectivity index (χ1v) is 14.2. The lowest BCUT2D eigenvalue weighted by molar-refractivity contribution is -0.123. The molecule has 2 aromatic carbocycles. The topological polar surface area (TPSA) is 113 Å². The number of para-hydroxylation sites is 1. The van der Waals surface area contributed by atoms with Crippen LogP contribution in [0.25, 0.3) is 0 Å². The molecule has 1 fully saturated rings. The molecule has 3 aliphatic rings. The lowest BCUT2D eigenvalue weighted by Crippen LogP contribution is -2.56. The second-order valence-electron chi connectivity index (χ2n) is 9.98. The number of ether oxygens (including phenoxy) is 1. The number of nitrogens with one attached hydrogen (secondary N) is 3. The maximum Gasteiger partial charge on any atom is 0.327 e. The van der Waals surface area contributed by atoms with E-state index in [1.807, 2.05) is 60.7 Å². The van der Waals surface area contributed by atoms with Crippen molar-refractivity contribution in [1.82, 2.24) is 20.9 Å². The van der Waals surface area contributed by atoms with E-state index in [0.29, 0.717) is 17.1 Å². The fourth-order valence-electron chi connectivity index (χ4n) is 5.55. The lowest BCUT2D eigenvalue weighted by Gasteiger charge is -2.36. The summed E-state index contributed by atoms with van der Waals surface area (Å²) < 4.78 is 5.90. The molecule has 10 heteroatoms. The summed E-state index contributed by atoms with van der Waals surface area (Å²) in [5.41, 5.74) is 2.20. The summed E-state index contributed by atoms with van der Waals surface area (Å²) >= 11 is 1.35. The zero-order chi connectivity index (χ0) is 27.6. The number of anilines is 2. The predicted molar refractivity (Wildman–Crippen MR) is 153 cm³/mol. The van der Waals surface area contributed by atoms with Gasteiger partial charge in [0, 0.05) is 23.8 Å². The van der Waals surface area contributed by atoms with Gasteiger partial charge in [-0.05, 0) is 61.4 Å². The SMILES string of the molecule is C=CC(=O)N[C@@H]1CCCC[C@@H]1NC(=O)C1Sc2nccc3c2C1NC(=O)N3c1ccc(Oc2ccccc2)cc1. The lowest BCUT2D eigenvalue weighted by atomic mass is 9.89. The highest BCUT2D eigenvalue weighted by molar-refractivity contribution is 8.01. The van der Waals surface area contributed by atoms with Gasteiger partial charge in [-0.3, -0.25) is 14.5 Å². The van der Waals surface area contributed by atoms with Gasteiger partial charge in [-0.1, -0.05) is 49.4 Å². The molecule has 1 aromatic heterocycles. The summed E-state index contributed by atoms with van der Waals surface area (Å²) in [6, 6.07) is 17.4. The van der Waals surface area contributed by atoms with Crippen LogP contribution in [-0.4, -0.2) is 40.2 Å². The van der Waals surface area contributed by atoms with Crippen molar-refractivity contribution in [3.63, 3.8) is 0 Å². The molecule has 0 bridgehead atoms. The number of nitrogens with zero attached hydrogens (tertiary/aromatic N) is 2. The van der Waals surface area contributed by atoms with Crippen LogP contribution in [-0.2, 0) is 9.59 Å². The largest absolute Gasteiger partial charge is 0.457 e. The van der Waals surface area contributed by atoms with Crippen molar-refractivity contribution in [2.24, 2.45) is 0 Å². The fourth-order valence-corrected chi connectivity index (χ4v) is 6.79. The number of hydrogen-bond donors (Lipinski definition) is 3. The standard InChI is InChI=1S/C30H29N5O4S/c1-2-24(36)32-21-10-6-7-11-22(21)33-28(37)27-26-25-23(16-17-31-29(25)40-27)35(30(38)34-26)18-12-14-20(15-13-18)39-19-8-4-3-5-9-19/h2-5,8-9,12-17,21-22,26-27H,1,6-7,10-11H2,(H,32,36)(H,33,37)(H,34,38)/t21-,22+,26?,27?/m1/s1. The molecule has 1 saturated carbocycles. The van der Waals surface area contributed by atoms with Crippen molar-refractivity contribution in [2.75, 3.05) is 4.90 Å². The van der Waals surface area contributed by atoms with Gasteiger partial charge in [0.25, 0.3) is 0 Å². The second kappa shape index (κ2) is 11.1.